The summed E-state index contributed by atoms with van der Waals surface area (Å²) in [4.78, 5) is 14.6. The fourth-order valence-corrected chi connectivity index (χ4v) is 3.09. The number of likely N-dealkylation sites (tertiary alicyclic amines) is 1. The average Bonchev–Trinajstić information content (AvgIpc) is 2.93. The lowest BCUT2D eigenvalue weighted by molar-refractivity contribution is -0.135. The van der Waals surface area contributed by atoms with Crippen LogP contribution in [0.25, 0.3) is 0 Å². The summed E-state index contributed by atoms with van der Waals surface area (Å²) in [6.07, 6.45) is 2.05. The van der Waals surface area contributed by atoms with Gasteiger partial charge in [0, 0.05) is 24.0 Å². The molecule has 0 aliphatic carbocycles. The van der Waals surface area contributed by atoms with Crippen molar-refractivity contribution >= 4 is 17.5 Å². The fourth-order valence-electron chi connectivity index (χ4n) is 2.83. The van der Waals surface area contributed by atoms with Gasteiger partial charge in [0.15, 0.2) is 0 Å². The third-order valence-electron chi connectivity index (χ3n) is 3.92. The highest BCUT2D eigenvalue weighted by molar-refractivity contribution is 6.31. The van der Waals surface area contributed by atoms with Crippen LogP contribution in [0.2, 0.25) is 5.02 Å². The number of hydrogen-bond acceptors (Lipinski definition) is 2. The Kier molecular flexibility index (Phi) is 5.44. The van der Waals surface area contributed by atoms with E-state index in [0.717, 1.165) is 43.1 Å². The Morgan fingerprint density at radius 2 is 2.25 bits per heavy atom. The summed E-state index contributed by atoms with van der Waals surface area (Å²) in [5.41, 5.74) is 1.08. The number of halogens is 1. The molecular formula is C16H23ClN2O. The van der Waals surface area contributed by atoms with Crippen LogP contribution in [0.4, 0.5) is 0 Å². The molecule has 0 aromatic heterocycles. The predicted molar refractivity (Wildman–Crippen MR) is 82.8 cm³/mol. The number of benzene rings is 1. The van der Waals surface area contributed by atoms with Crippen LogP contribution in [-0.2, 0) is 4.79 Å². The van der Waals surface area contributed by atoms with Gasteiger partial charge in [0.25, 0.3) is 0 Å². The van der Waals surface area contributed by atoms with Gasteiger partial charge in [-0.15, -0.1) is 0 Å². The molecular weight excluding hydrogens is 272 g/mol. The second-order valence-corrected chi connectivity index (χ2v) is 5.83. The first kappa shape index (κ1) is 15.3. The van der Waals surface area contributed by atoms with E-state index in [0.29, 0.717) is 0 Å². The minimum absolute atomic E-state index is 0.0121. The SMILES string of the molecule is CCNCC(C)C(=O)N1CCCC1c1ccccc1Cl. The van der Waals surface area contributed by atoms with Crippen molar-refractivity contribution in [2.75, 3.05) is 19.6 Å². The van der Waals surface area contributed by atoms with E-state index >= 15 is 0 Å². The first-order valence-corrected chi connectivity index (χ1v) is 7.78. The van der Waals surface area contributed by atoms with Crippen molar-refractivity contribution in [2.24, 2.45) is 5.92 Å². The smallest absolute Gasteiger partial charge is 0.227 e. The summed E-state index contributed by atoms with van der Waals surface area (Å²) >= 11 is 6.29. The molecule has 2 rings (SSSR count). The highest BCUT2D eigenvalue weighted by Crippen LogP contribution is 2.36. The van der Waals surface area contributed by atoms with Gasteiger partial charge in [-0.25, -0.2) is 0 Å². The average molecular weight is 295 g/mol. The highest BCUT2D eigenvalue weighted by Gasteiger charge is 2.32. The number of hydrogen-bond donors (Lipinski definition) is 1. The molecule has 1 heterocycles. The van der Waals surface area contributed by atoms with Crippen molar-refractivity contribution in [2.45, 2.75) is 32.7 Å². The second kappa shape index (κ2) is 7.09. The van der Waals surface area contributed by atoms with Crippen LogP contribution in [0.15, 0.2) is 24.3 Å². The fraction of sp³-hybridized carbons (Fsp3) is 0.562. The summed E-state index contributed by atoms with van der Waals surface area (Å²) in [6, 6.07) is 8.00. The van der Waals surface area contributed by atoms with Crippen LogP contribution < -0.4 is 5.32 Å². The van der Waals surface area contributed by atoms with Gasteiger partial charge in [-0.3, -0.25) is 4.79 Å². The topological polar surface area (TPSA) is 32.3 Å². The molecule has 20 heavy (non-hydrogen) atoms. The van der Waals surface area contributed by atoms with Gasteiger partial charge in [-0.05, 0) is 31.0 Å². The van der Waals surface area contributed by atoms with E-state index in [1.54, 1.807) is 0 Å². The van der Waals surface area contributed by atoms with Gasteiger partial charge in [-0.1, -0.05) is 43.6 Å². The summed E-state index contributed by atoms with van der Waals surface area (Å²) in [5.74, 6) is 0.242. The molecule has 3 nitrogen and oxygen atoms in total. The minimum atomic E-state index is 0.0121. The number of amides is 1. The molecule has 1 aliphatic heterocycles. The Labute approximate surface area is 126 Å². The van der Waals surface area contributed by atoms with Crippen molar-refractivity contribution < 1.29 is 4.79 Å². The number of carbonyl (C=O) groups excluding carboxylic acids is 1. The zero-order valence-corrected chi connectivity index (χ0v) is 13.0. The van der Waals surface area contributed by atoms with Gasteiger partial charge in [0.05, 0.1) is 6.04 Å². The standard InChI is InChI=1S/C16H23ClN2O/c1-3-18-11-12(2)16(20)19-10-6-9-15(19)13-7-4-5-8-14(13)17/h4-5,7-8,12,15,18H,3,6,9-11H2,1-2H3. The van der Waals surface area contributed by atoms with E-state index in [4.69, 9.17) is 11.6 Å². The maximum absolute atomic E-state index is 12.6. The number of nitrogens with zero attached hydrogens (tertiary/aromatic N) is 1. The summed E-state index contributed by atoms with van der Waals surface area (Å²) in [7, 11) is 0. The molecule has 2 atom stereocenters. The van der Waals surface area contributed by atoms with Gasteiger partial charge >= 0.3 is 0 Å². The van der Waals surface area contributed by atoms with Gasteiger partial charge in [0.2, 0.25) is 5.91 Å². The van der Waals surface area contributed by atoms with Crippen LogP contribution in [0.3, 0.4) is 0 Å². The quantitative estimate of drug-likeness (QED) is 0.904. The predicted octanol–water partition coefficient (Wildman–Crippen LogP) is 3.25. The zero-order valence-electron chi connectivity index (χ0n) is 12.2. The Hall–Kier alpha value is -1.06. The van der Waals surface area contributed by atoms with E-state index < -0.39 is 0 Å². The van der Waals surface area contributed by atoms with Crippen molar-refractivity contribution in [3.8, 4) is 0 Å². The van der Waals surface area contributed by atoms with Crippen molar-refractivity contribution in [3.63, 3.8) is 0 Å². The maximum atomic E-state index is 12.6. The normalized spacial score (nSPS) is 20.1. The van der Waals surface area contributed by atoms with Crippen molar-refractivity contribution in [1.82, 2.24) is 10.2 Å². The molecule has 0 radical (unpaired) electrons. The van der Waals surface area contributed by atoms with Gasteiger partial charge in [0.1, 0.15) is 0 Å². The summed E-state index contributed by atoms with van der Waals surface area (Å²) in [5, 5.41) is 4.01. The summed E-state index contributed by atoms with van der Waals surface area (Å²) < 4.78 is 0. The molecule has 1 aromatic rings. The lowest BCUT2D eigenvalue weighted by atomic mass is 10.0. The molecule has 1 fully saturated rings. The Morgan fingerprint density at radius 3 is 2.95 bits per heavy atom. The maximum Gasteiger partial charge on any atom is 0.227 e. The molecule has 0 saturated carbocycles. The van der Waals surface area contributed by atoms with Gasteiger partial charge in [-0.2, -0.15) is 0 Å². The zero-order chi connectivity index (χ0) is 14.5. The van der Waals surface area contributed by atoms with Crippen molar-refractivity contribution in [3.05, 3.63) is 34.9 Å². The minimum Gasteiger partial charge on any atom is -0.335 e. The molecule has 1 aliphatic rings. The second-order valence-electron chi connectivity index (χ2n) is 5.42. The summed E-state index contributed by atoms with van der Waals surface area (Å²) in [6.45, 7) is 6.52. The monoisotopic (exact) mass is 294 g/mol. The number of rotatable bonds is 5. The molecule has 2 unspecified atom stereocenters. The molecule has 1 aromatic carbocycles. The van der Waals surface area contributed by atoms with E-state index in [1.165, 1.54) is 0 Å². The molecule has 1 N–H and O–H groups in total. The molecule has 1 amide bonds. The van der Waals surface area contributed by atoms with Gasteiger partial charge < -0.3 is 10.2 Å². The van der Waals surface area contributed by atoms with Crippen LogP contribution in [-0.4, -0.2) is 30.4 Å². The molecule has 0 spiro atoms. The first-order chi connectivity index (χ1) is 9.65. The van der Waals surface area contributed by atoms with Crippen molar-refractivity contribution in [1.29, 1.82) is 0 Å². The van der Waals surface area contributed by atoms with Crippen LogP contribution in [0, 0.1) is 5.92 Å². The van der Waals surface area contributed by atoms with E-state index in [9.17, 15) is 4.79 Å². The lowest BCUT2D eigenvalue weighted by Crippen LogP contribution is -2.38. The number of nitrogens with one attached hydrogen (secondary N) is 1. The van der Waals surface area contributed by atoms with E-state index in [-0.39, 0.29) is 17.9 Å². The molecule has 1 saturated heterocycles. The molecule has 110 valence electrons. The Morgan fingerprint density at radius 1 is 1.50 bits per heavy atom. The van der Waals surface area contributed by atoms with Crippen LogP contribution in [0.5, 0.6) is 0 Å². The third kappa shape index (κ3) is 3.33. The van der Waals surface area contributed by atoms with Crippen LogP contribution in [0.1, 0.15) is 38.3 Å². The Balaban J connectivity index is 2.11. The van der Waals surface area contributed by atoms with Crippen LogP contribution >= 0.6 is 11.6 Å². The molecule has 4 heteroatoms. The van der Waals surface area contributed by atoms with E-state index in [1.807, 2.05) is 36.1 Å². The highest BCUT2D eigenvalue weighted by atomic mass is 35.5. The molecule has 0 bridgehead atoms. The Bertz CT molecular complexity index is 464. The van der Waals surface area contributed by atoms with E-state index in [2.05, 4.69) is 12.2 Å². The first-order valence-electron chi connectivity index (χ1n) is 7.40. The third-order valence-corrected chi connectivity index (χ3v) is 4.27. The largest absolute Gasteiger partial charge is 0.335 e. The lowest BCUT2D eigenvalue weighted by Gasteiger charge is -2.28. The number of carbonyl (C=O) groups is 1.